The number of hydrogen-bond donors (Lipinski definition) is 1. The molecule has 0 saturated heterocycles. The van der Waals surface area contributed by atoms with E-state index >= 15 is 0 Å². The molecule has 0 aliphatic heterocycles. The van der Waals surface area contributed by atoms with Gasteiger partial charge < -0.3 is 5.11 Å². The highest BCUT2D eigenvalue weighted by molar-refractivity contribution is 5.70. The molecule has 0 bridgehead atoms. The first-order valence-corrected chi connectivity index (χ1v) is 5.25. The quantitative estimate of drug-likeness (QED) is 0.683. The Morgan fingerprint density at radius 1 is 1.57 bits per heavy atom. The lowest BCUT2D eigenvalue weighted by Crippen LogP contribution is -2.28. The first-order valence-electron chi connectivity index (χ1n) is 5.25. The van der Waals surface area contributed by atoms with E-state index in [4.69, 9.17) is 5.11 Å². The summed E-state index contributed by atoms with van der Waals surface area (Å²) in [7, 11) is 0. The van der Waals surface area contributed by atoms with Gasteiger partial charge in [0.05, 0.1) is 6.42 Å². The molecule has 1 saturated carbocycles. The molecule has 14 heavy (non-hydrogen) atoms. The fourth-order valence-corrected chi connectivity index (χ4v) is 2.87. The van der Waals surface area contributed by atoms with E-state index in [1.165, 1.54) is 12.0 Å². The standard InChI is InChI=1S/C12H16O2/c1-9-5-6-10-4-2-3-7-12(9,10)8-11(13)14/h6H,1-5,7-8H2,(H,13,14). The van der Waals surface area contributed by atoms with Crippen LogP contribution >= 0.6 is 0 Å². The third-order valence-electron chi connectivity index (χ3n) is 3.64. The SMILES string of the molecule is C=C1CC=C2CCCCC12CC(=O)O. The summed E-state index contributed by atoms with van der Waals surface area (Å²) >= 11 is 0. The van der Waals surface area contributed by atoms with Crippen LogP contribution in [0, 0.1) is 5.41 Å². The van der Waals surface area contributed by atoms with Crippen molar-refractivity contribution >= 4 is 5.97 Å². The van der Waals surface area contributed by atoms with Gasteiger partial charge in [0.25, 0.3) is 0 Å². The molecule has 0 aromatic carbocycles. The summed E-state index contributed by atoms with van der Waals surface area (Å²) in [6.07, 6.45) is 7.76. The van der Waals surface area contributed by atoms with Crippen molar-refractivity contribution in [2.24, 2.45) is 5.41 Å². The summed E-state index contributed by atoms with van der Waals surface area (Å²) in [4.78, 5) is 10.9. The van der Waals surface area contributed by atoms with Crippen LogP contribution in [0.3, 0.4) is 0 Å². The van der Waals surface area contributed by atoms with Gasteiger partial charge in [0, 0.05) is 5.41 Å². The van der Waals surface area contributed by atoms with Crippen molar-refractivity contribution in [2.75, 3.05) is 0 Å². The molecule has 2 aliphatic carbocycles. The lowest BCUT2D eigenvalue weighted by atomic mass is 9.67. The summed E-state index contributed by atoms with van der Waals surface area (Å²) in [5.74, 6) is -0.694. The van der Waals surface area contributed by atoms with Gasteiger partial charge in [-0.1, -0.05) is 30.2 Å². The van der Waals surface area contributed by atoms with Crippen molar-refractivity contribution < 1.29 is 9.90 Å². The summed E-state index contributed by atoms with van der Waals surface area (Å²) in [5.41, 5.74) is 2.30. The molecular formula is C12H16O2. The second kappa shape index (κ2) is 3.26. The fraction of sp³-hybridized carbons (Fsp3) is 0.583. The number of rotatable bonds is 2. The predicted octanol–water partition coefficient (Wildman–Crippen LogP) is 2.91. The first kappa shape index (κ1) is 9.50. The highest BCUT2D eigenvalue weighted by Crippen LogP contribution is 2.53. The van der Waals surface area contributed by atoms with E-state index in [0.29, 0.717) is 0 Å². The number of carboxylic acids is 1. The van der Waals surface area contributed by atoms with Crippen LogP contribution in [0.25, 0.3) is 0 Å². The van der Waals surface area contributed by atoms with Crippen molar-refractivity contribution in [1.82, 2.24) is 0 Å². The number of carboxylic acid groups (broad SMARTS) is 1. The molecule has 0 heterocycles. The molecular weight excluding hydrogens is 176 g/mol. The zero-order chi connectivity index (χ0) is 10.2. The highest BCUT2D eigenvalue weighted by Gasteiger charge is 2.42. The fourth-order valence-electron chi connectivity index (χ4n) is 2.87. The molecule has 76 valence electrons. The molecule has 1 unspecified atom stereocenters. The van der Waals surface area contributed by atoms with Crippen molar-refractivity contribution in [3.63, 3.8) is 0 Å². The smallest absolute Gasteiger partial charge is 0.304 e. The van der Waals surface area contributed by atoms with Crippen LogP contribution in [-0.4, -0.2) is 11.1 Å². The van der Waals surface area contributed by atoms with Gasteiger partial charge in [0.1, 0.15) is 0 Å². The third kappa shape index (κ3) is 1.29. The lowest BCUT2D eigenvalue weighted by molar-refractivity contribution is -0.138. The Balaban J connectivity index is 2.30. The van der Waals surface area contributed by atoms with Crippen LogP contribution in [0.2, 0.25) is 0 Å². The molecule has 0 aromatic heterocycles. The summed E-state index contributed by atoms with van der Waals surface area (Å²) in [5, 5.41) is 8.96. The van der Waals surface area contributed by atoms with Crippen molar-refractivity contribution in [3.8, 4) is 0 Å². The maximum absolute atomic E-state index is 10.9. The van der Waals surface area contributed by atoms with Gasteiger partial charge >= 0.3 is 5.97 Å². The van der Waals surface area contributed by atoms with Gasteiger partial charge in [-0.05, 0) is 25.7 Å². The van der Waals surface area contributed by atoms with E-state index in [9.17, 15) is 4.79 Å². The number of aliphatic carboxylic acids is 1. The van der Waals surface area contributed by atoms with Crippen LogP contribution in [0.15, 0.2) is 23.8 Å². The average molecular weight is 192 g/mol. The van der Waals surface area contributed by atoms with Gasteiger partial charge in [0.2, 0.25) is 0 Å². The number of carbonyl (C=O) groups is 1. The molecule has 0 spiro atoms. The maximum Gasteiger partial charge on any atom is 0.304 e. The second-order valence-electron chi connectivity index (χ2n) is 4.40. The third-order valence-corrected chi connectivity index (χ3v) is 3.64. The minimum absolute atomic E-state index is 0.163. The Bertz CT molecular complexity index is 314. The summed E-state index contributed by atoms with van der Waals surface area (Å²) < 4.78 is 0. The molecule has 2 aliphatic rings. The van der Waals surface area contributed by atoms with Crippen molar-refractivity contribution in [2.45, 2.75) is 38.5 Å². The summed E-state index contributed by atoms with van der Waals surface area (Å²) in [6.45, 7) is 4.05. The van der Waals surface area contributed by atoms with E-state index in [2.05, 4.69) is 12.7 Å². The minimum Gasteiger partial charge on any atom is -0.481 e. The van der Waals surface area contributed by atoms with Crippen LogP contribution in [0.5, 0.6) is 0 Å². The topological polar surface area (TPSA) is 37.3 Å². The maximum atomic E-state index is 10.9. The Morgan fingerprint density at radius 2 is 2.36 bits per heavy atom. The molecule has 1 atom stereocenters. The van der Waals surface area contributed by atoms with Crippen LogP contribution in [0.4, 0.5) is 0 Å². The molecule has 2 heteroatoms. The van der Waals surface area contributed by atoms with E-state index in [-0.39, 0.29) is 11.8 Å². The Morgan fingerprint density at radius 3 is 3.07 bits per heavy atom. The van der Waals surface area contributed by atoms with E-state index < -0.39 is 5.97 Å². The summed E-state index contributed by atoms with van der Waals surface area (Å²) in [6, 6.07) is 0. The first-order chi connectivity index (χ1) is 6.65. The van der Waals surface area contributed by atoms with Gasteiger partial charge in [-0.25, -0.2) is 0 Å². The molecule has 2 rings (SSSR count). The van der Waals surface area contributed by atoms with E-state index in [1.807, 2.05) is 0 Å². The molecule has 1 N–H and O–H groups in total. The van der Waals surface area contributed by atoms with Crippen molar-refractivity contribution in [1.29, 1.82) is 0 Å². The number of allylic oxidation sites excluding steroid dienone is 3. The second-order valence-corrected chi connectivity index (χ2v) is 4.40. The lowest BCUT2D eigenvalue weighted by Gasteiger charge is -2.36. The van der Waals surface area contributed by atoms with Crippen LogP contribution < -0.4 is 0 Å². The highest BCUT2D eigenvalue weighted by atomic mass is 16.4. The number of fused-ring (bicyclic) bond motifs is 1. The Hall–Kier alpha value is -1.05. The average Bonchev–Trinajstić information content (AvgIpc) is 2.44. The monoisotopic (exact) mass is 192 g/mol. The predicted molar refractivity (Wildman–Crippen MR) is 55.0 cm³/mol. The molecule has 0 aromatic rings. The van der Waals surface area contributed by atoms with Crippen molar-refractivity contribution in [3.05, 3.63) is 23.8 Å². The zero-order valence-corrected chi connectivity index (χ0v) is 8.38. The normalized spacial score (nSPS) is 31.1. The largest absolute Gasteiger partial charge is 0.481 e. The van der Waals surface area contributed by atoms with Gasteiger partial charge in [0.15, 0.2) is 0 Å². The number of hydrogen-bond acceptors (Lipinski definition) is 1. The minimum atomic E-state index is -0.694. The Labute approximate surface area is 84.3 Å². The molecule has 0 radical (unpaired) electrons. The zero-order valence-electron chi connectivity index (χ0n) is 8.38. The molecule has 1 fully saturated rings. The van der Waals surface area contributed by atoms with Gasteiger partial charge in [-0.15, -0.1) is 0 Å². The van der Waals surface area contributed by atoms with Gasteiger partial charge in [-0.3, -0.25) is 4.79 Å². The molecule has 2 nitrogen and oxygen atoms in total. The van der Waals surface area contributed by atoms with E-state index in [1.54, 1.807) is 0 Å². The van der Waals surface area contributed by atoms with Gasteiger partial charge in [-0.2, -0.15) is 0 Å². The van der Waals surface area contributed by atoms with E-state index in [0.717, 1.165) is 31.3 Å². The van der Waals surface area contributed by atoms with Crippen LogP contribution in [-0.2, 0) is 4.79 Å². The van der Waals surface area contributed by atoms with Crippen LogP contribution in [0.1, 0.15) is 38.5 Å². The molecule has 0 amide bonds. The Kier molecular flexibility index (Phi) is 2.22.